The van der Waals surface area contributed by atoms with Gasteiger partial charge in [-0.05, 0) is 19.8 Å². The highest BCUT2D eigenvalue weighted by Crippen LogP contribution is 2.45. The van der Waals surface area contributed by atoms with Gasteiger partial charge in [-0.2, -0.15) is 0 Å². The van der Waals surface area contributed by atoms with Crippen molar-refractivity contribution in [2.75, 3.05) is 0 Å². The lowest BCUT2D eigenvalue weighted by Crippen LogP contribution is -2.37. The van der Waals surface area contributed by atoms with Crippen LogP contribution in [0.3, 0.4) is 0 Å². The van der Waals surface area contributed by atoms with Crippen LogP contribution in [0.2, 0.25) is 0 Å². The fourth-order valence-electron chi connectivity index (χ4n) is 2.97. The number of hydrogen-bond donors (Lipinski definition) is 3. The van der Waals surface area contributed by atoms with Gasteiger partial charge in [-0.25, -0.2) is 4.79 Å². The summed E-state index contributed by atoms with van der Waals surface area (Å²) >= 11 is 0. The number of aliphatic hydroxyl groups excluding tert-OH is 1. The highest BCUT2D eigenvalue weighted by molar-refractivity contribution is 5.07. The Morgan fingerprint density at radius 2 is 2.26 bits per heavy atom. The molecule has 3 N–H and O–H groups in total. The van der Waals surface area contributed by atoms with Gasteiger partial charge in [-0.15, -0.1) is 0 Å². The highest BCUT2D eigenvalue weighted by atomic mass is 16.6. The highest BCUT2D eigenvalue weighted by Gasteiger charge is 2.55. The van der Waals surface area contributed by atoms with Crippen molar-refractivity contribution < 1.29 is 14.9 Å². The van der Waals surface area contributed by atoms with E-state index in [4.69, 9.17) is 4.74 Å². The molecule has 1 saturated carbocycles. The Morgan fingerprint density at radius 3 is 2.95 bits per heavy atom. The van der Waals surface area contributed by atoms with E-state index in [1.807, 2.05) is 0 Å². The molecule has 2 fully saturated rings. The van der Waals surface area contributed by atoms with Crippen molar-refractivity contribution >= 4 is 0 Å². The molecule has 2 aliphatic rings. The van der Waals surface area contributed by atoms with Crippen molar-refractivity contribution in [2.45, 2.75) is 50.2 Å². The topological polar surface area (TPSA) is 105 Å². The number of rotatable bonds is 1. The van der Waals surface area contributed by atoms with E-state index in [0.29, 0.717) is 18.4 Å². The predicted octanol–water partition coefficient (Wildman–Crippen LogP) is -0.982. The zero-order valence-corrected chi connectivity index (χ0v) is 10.5. The van der Waals surface area contributed by atoms with Crippen molar-refractivity contribution in [3.63, 3.8) is 0 Å². The number of nitrogens with zero attached hydrogens (tertiary/aromatic N) is 1. The Morgan fingerprint density at radius 1 is 1.53 bits per heavy atom. The van der Waals surface area contributed by atoms with Crippen molar-refractivity contribution in [1.82, 2.24) is 9.55 Å². The van der Waals surface area contributed by atoms with Crippen LogP contribution in [-0.4, -0.2) is 37.6 Å². The van der Waals surface area contributed by atoms with Gasteiger partial charge in [0.25, 0.3) is 5.56 Å². The first-order chi connectivity index (χ1) is 8.90. The first kappa shape index (κ1) is 12.6. The number of H-pyrrole nitrogens is 1. The summed E-state index contributed by atoms with van der Waals surface area (Å²) in [5.74, 6) is 0. The van der Waals surface area contributed by atoms with Gasteiger partial charge in [0, 0.05) is 18.2 Å². The summed E-state index contributed by atoms with van der Waals surface area (Å²) in [6, 6.07) is 0. The van der Waals surface area contributed by atoms with E-state index in [9.17, 15) is 19.8 Å². The lowest BCUT2D eigenvalue weighted by molar-refractivity contribution is -0.0854. The average molecular weight is 268 g/mol. The molecule has 1 aromatic heterocycles. The SMILES string of the molecule is Cc1cn([C@@H]2C[C@@]3(O)CC[C@@H](O)[C@H]3O2)c(=O)[nH]c1=O. The first-order valence-corrected chi connectivity index (χ1v) is 6.29. The van der Waals surface area contributed by atoms with E-state index in [1.54, 1.807) is 6.92 Å². The third-order valence-electron chi connectivity index (χ3n) is 4.04. The molecule has 0 unspecified atom stereocenters. The predicted molar refractivity (Wildman–Crippen MR) is 64.8 cm³/mol. The number of nitrogens with one attached hydrogen (secondary N) is 1. The molecule has 0 spiro atoms. The summed E-state index contributed by atoms with van der Waals surface area (Å²) in [5, 5.41) is 20.1. The molecule has 0 radical (unpaired) electrons. The minimum absolute atomic E-state index is 0.236. The van der Waals surface area contributed by atoms with Crippen molar-refractivity contribution in [3.05, 3.63) is 32.6 Å². The zero-order chi connectivity index (χ0) is 13.8. The van der Waals surface area contributed by atoms with E-state index in [2.05, 4.69) is 4.98 Å². The largest absolute Gasteiger partial charge is 0.390 e. The second kappa shape index (κ2) is 4.03. The molecule has 3 rings (SSSR count). The van der Waals surface area contributed by atoms with Crippen LogP contribution in [0.5, 0.6) is 0 Å². The number of aromatic nitrogens is 2. The number of aromatic amines is 1. The number of hydrogen-bond acceptors (Lipinski definition) is 5. The van der Waals surface area contributed by atoms with Crippen LogP contribution in [-0.2, 0) is 4.74 Å². The molecule has 2 heterocycles. The lowest BCUT2D eigenvalue weighted by Gasteiger charge is -2.20. The summed E-state index contributed by atoms with van der Waals surface area (Å²) in [7, 11) is 0. The summed E-state index contributed by atoms with van der Waals surface area (Å²) in [6.07, 6.45) is 0.557. The number of ether oxygens (including phenoxy) is 1. The van der Waals surface area contributed by atoms with E-state index in [-0.39, 0.29) is 6.42 Å². The molecule has 0 bridgehead atoms. The first-order valence-electron chi connectivity index (χ1n) is 6.29. The zero-order valence-electron chi connectivity index (χ0n) is 10.5. The van der Waals surface area contributed by atoms with E-state index >= 15 is 0 Å². The molecule has 19 heavy (non-hydrogen) atoms. The van der Waals surface area contributed by atoms with Gasteiger partial charge in [0.1, 0.15) is 12.3 Å². The molecule has 0 aromatic carbocycles. The normalized spacial score (nSPS) is 37.5. The van der Waals surface area contributed by atoms with Gasteiger partial charge < -0.3 is 14.9 Å². The third-order valence-corrected chi connectivity index (χ3v) is 4.04. The molecule has 7 nitrogen and oxygen atoms in total. The Kier molecular flexibility index (Phi) is 2.67. The van der Waals surface area contributed by atoms with Crippen LogP contribution in [0.1, 0.15) is 31.1 Å². The Labute approximate surface area is 108 Å². The number of aliphatic hydroxyl groups is 2. The van der Waals surface area contributed by atoms with Crippen molar-refractivity contribution in [3.8, 4) is 0 Å². The molecule has 1 saturated heterocycles. The van der Waals surface area contributed by atoms with Gasteiger partial charge in [-0.1, -0.05) is 0 Å². The second-order valence-corrected chi connectivity index (χ2v) is 5.40. The maximum absolute atomic E-state index is 11.8. The average Bonchev–Trinajstić information content (AvgIpc) is 2.81. The van der Waals surface area contributed by atoms with Gasteiger partial charge >= 0.3 is 5.69 Å². The number of fused-ring (bicyclic) bond motifs is 1. The van der Waals surface area contributed by atoms with Gasteiger partial charge in [0.05, 0.1) is 11.7 Å². The lowest BCUT2D eigenvalue weighted by atomic mass is 9.97. The number of aryl methyl sites for hydroxylation is 1. The maximum atomic E-state index is 11.8. The smallest absolute Gasteiger partial charge is 0.330 e. The summed E-state index contributed by atoms with van der Waals surface area (Å²) in [6.45, 7) is 1.59. The van der Waals surface area contributed by atoms with Gasteiger partial charge in [0.2, 0.25) is 0 Å². The molecule has 1 aliphatic heterocycles. The molecular weight excluding hydrogens is 252 g/mol. The van der Waals surface area contributed by atoms with E-state index in [1.165, 1.54) is 10.8 Å². The minimum Gasteiger partial charge on any atom is -0.390 e. The maximum Gasteiger partial charge on any atom is 0.330 e. The van der Waals surface area contributed by atoms with Gasteiger partial charge in [0.15, 0.2) is 0 Å². The standard InChI is InChI=1S/C12H16N2O5/c1-6-5-14(11(17)13-10(6)16)8-4-12(18)3-2-7(15)9(12)19-8/h5,7-9,15,18H,2-4H2,1H3,(H,13,16,17)/t7-,8+,9-,12+/m1/s1. The Balaban J connectivity index is 1.96. The van der Waals surface area contributed by atoms with Crippen LogP contribution in [0.25, 0.3) is 0 Å². The second-order valence-electron chi connectivity index (χ2n) is 5.40. The van der Waals surface area contributed by atoms with Crippen molar-refractivity contribution in [1.29, 1.82) is 0 Å². The van der Waals surface area contributed by atoms with Crippen LogP contribution >= 0.6 is 0 Å². The molecule has 1 aromatic rings. The third kappa shape index (κ3) is 1.85. The molecule has 1 aliphatic carbocycles. The van der Waals surface area contributed by atoms with E-state index in [0.717, 1.165) is 0 Å². The summed E-state index contributed by atoms with van der Waals surface area (Å²) < 4.78 is 6.87. The quantitative estimate of drug-likeness (QED) is 0.607. The van der Waals surface area contributed by atoms with Crippen molar-refractivity contribution in [2.24, 2.45) is 0 Å². The molecule has 104 valence electrons. The molecule has 4 atom stereocenters. The minimum atomic E-state index is -1.09. The molecular formula is C12H16N2O5. The summed E-state index contributed by atoms with van der Waals surface area (Å²) in [4.78, 5) is 25.3. The van der Waals surface area contributed by atoms with E-state index < -0.39 is 35.3 Å². The fourth-order valence-corrected chi connectivity index (χ4v) is 2.97. The molecule has 0 amide bonds. The fraction of sp³-hybridized carbons (Fsp3) is 0.667. The van der Waals surface area contributed by atoms with Crippen LogP contribution in [0, 0.1) is 6.92 Å². The monoisotopic (exact) mass is 268 g/mol. The van der Waals surface area contributed by atoms with Crippen LogP contribution < -0.4 is 11.2 Å². The summed E-state index contributed by atoms with van der Waals surface area (Å²) in [5.41, 5.74) is -1.70. The Hall–Kier alpha value is -1.44. The molecule has 7 heteroatoms. The van der Waals surface area contributed by atoms with Gasteiger partial charge in [-0.3, -0.25) is 14.3 Å². The van der Waals surface area contributed by atoms with Crippen LogP contribution in [0.15, 0.2) is 15.8 Å². The van der Waals surface area contributed by atoms with Crippen LogP contribution in [0.4, 0.5) is 0 Å². The Bertz CT molecular complexity index is 621.